The van der Waals surface area contributed by atoms with E-state index in [2.05, 4.69) is 10.6 Å². The van der Waals surface area contributed by atoms with Gasteiger partial charge in [0.05, 0.1) is 18.2 Å². The predicted molar refractivity (Wildman–Crippen MR) is 94.0 cm³/mol. The molecule has 1 aromatic carbocycles. The second kappa shape index (κ2) is 7.91. The van der Waals surface area contributed by atoms with Crippen LogP contribution in [0.4, 0.5) is 18.0 Å². The van der Waals surface area contributed by atoms with Gasteiger partial charge in [-0.1, -0.05) is 12.1 Å². The molecule has 0 aliphatic carbocycles. The summed E-state index contributed by atoms with van der Waals surface area (Å²) in [7, 11) is 0. The number of urea groups is 1. The highest BCUT2D eigenvalue weighted by Crippen LogP contribution is 2.29. The number of benzene rings is 1. The maximum Gasteiger partial charge on any atom is 0.416 e. The third-order valence-electron chi connectivity index (χ3n) is 4.66. The lowest BCUT2D eigenvalue weighted by molar-refractivity contribution is -0.137. The van der Waals surface area contributed by atoms with Gasteiger partial charge >= 0.3 is 12.2 Å². The summed E-state index contributed by atoms with van der Waals surface area (Å²) in [5, 5.41) is 5.18. The largest absolute Gasteiger partial charge is 0.416 e. The van der Waals surface area contributed by atoms with Gasteiger partial charge in [-0.3, -0.25) is 9.59 Å². The maximum atomic E-state index is 12.5. The number of halogens is 3. The Morgan fingerprint density at radius 2 is 1.93 bits per heavy atom. The Labute approximate surface area is 159 Å². The van der Waals surface area contributed by atoms with Gasteiger partial charge in [0.2, 0.25) is 11.8 Å². The van der Waals surface area contributed by atoms with Gasteiger partial charge in [0.15, 0.2) is 0 Å². The Bertz CT molecular complexity index is 792. The summed E-state index contributed by atoms with van der Waals surface area (Å²) < 4.78 is 37.5. The maximum absolute atomic E-state index is 12.5. The molecule has 2 N–H and O–H groups in total. The fraction of sp³-hybridized carbons (Fsp3) is 0.389. The normalized spacial score (nSPS) is 19.5. The van der Waals surface area contributed by atoms with Crippen molar-refractivity contribution in [3.05, 3.63) is 41.5 Å². The van der Waals surface area contributed by atoms with Gasteiger partial charge in [-0.05, 0) is 23.8 Å². The molecular formula is C18H19F3N4O3. The van der Waals surface area contributed by atoms with Crippen molar-refractivity contribution in [2.45, 2.75) is 12.2 Å². The van der Waals surface area contributed by atoms with Crippen LogP contribution >= 0.6 is 0 Å². The molecule has 0 saturated carbocycles. The van der Waals surface area contributed by atoms with Gasteiger partial charge in [0.25, 0.3) is 0 Å². The van der Waals surface area contributed by atoms with Crippen molar-refractivity contribution in [3.8, 4) is 0 Å². The number of amides is 4. The molecule has 2 fully saturated rings. The van der Waals surface area contributed by atoms with E-state index in [1.807, 2.05) is 0 Å². The zero-order valence-electron chi connectivity index (χ0n) is 14.8. The van der Waals surface area contributed by atoms with Crippen LogP contribution in [0.5, 0.6) is 0 Å². The average molecular weight is 396 g/mol. The lowest BCUT2D eigenvalue weighted by atomic mass is 10.1. The molecule has 1 atom stereocenters. The average Bonchev–Trinajstić information content (AvgIpc) is 3.04. The standard InChI is InChI=1S/C18H19F3N4O3/c19-18(20,21)13-4-1-12(2-5-13)3-6-15(26)22-10-16(27)24-7-8-25-14(11-24)9-23-17(25)28/h1-6,14H,7-11H2,(H,22,26)(H,23,28)/b6-3+. The molecule has 2 saturated heterocycles. The number of rotatable bonds is 4. The Balaban J connectivity index is 1.45. The molecule has 1 aromatic rings. The van der Waals surface area contributed by atoms with Crippen molar-refractivity contribution in [1.82, 2.24) is 20.4 Å². The van der Waals surface area contributed by atoms with Crippen molar-refractivity contribution in [2.24, 2.45) is 0 Å². The van der Waals surface area contributed by atoms with Crippen molar-refractivity contribution < 1.29 is 27.6 Å². The van der Waals surface area contributed by atoms with Crippen LogP contribution in [0.25, 0.3) is 6.08 Å². The molecule has 150 valence electrons. The molecule has 0 bridgehead atoms. The molecule has 0 aromatic heterocycles. The first kappa shape index (κ1) is 19.7. The van der Waals surface area contributed by atoms with E-state index < -0.39 is 17.6 Å². The first-order chi connectivity index (χ1) is 13.2. The molecule has 28 heavy (non-hydrogen) atoms. The van der Waals surface area contributed by atoms with Crippen LogP contribution in [-0.2, 0) is 15.8 Å². The fourth-order valence-corrected chi connectivity index (χ4v) is 3.12. The van der Waals surface area contributed by atoms with Crippen LogP contribution in [0, 0.1) is 0 Å². The van der Waals surface area contributed by atoms with Crippen LogP contribution in [-0.4, -0.2) is 66.4 Å². The smallest absolute Gasteiger partial charge is 0.343 e. The molecule has 2 aliphatic rings. The van der Waals surface area contributed by atoms with E-state index in [9.17, 15) is 27.6 Å². The molecule has 7 nitrogen and oxygen atoms in total. The van der Waals surface area contributed by atoms with E-state index in [-0.39, 0.29) is 24.5 Å². The number of hydrogen-bond donors (Lipinski definition) is 2. The van der Waals surface area contributed by atoms with Crippen molar-refractivity contribution in [1.29, 1.82) is 0 Å². The van der Waals surface area contributed by atoms with E-state index >= 15 is 0 Å². The van der Waals surface area contributed by atoms with Crippen LogP contribution in [0.2, 0.25) is 0 Å². The molecule has 0 spiro atoms. The summed E-state index contributed by atoms with van der Waals surface area (Å²) >= 11 is 0. The number of piperazine rings is 1. The van der Waals surface area contributed by atoms with Gasteiger partial charge in [-0.2, -0.15) is 13.2 Å². The van der Waals surface area contributed by atoms with Crippen molar-refractivity contribution >= 4 is 23.9 Å². The first-order valence-corrected chi connectivity index (χ1v) is 8.69. The highest BCUT2D eigenvalue weighted by atomic mass is 19.4. The second-order valence-corrected chi connectivity index (χ2v) is 6.54. The molecule has 4 amide bonds. The zero-order chi connectivity index (χ0) is 20.3. The van der Waals surface area contributed by atoms with E-state index in [4.69, 9.17) is 0 Å². The topological polar surface area (TPSA) is 81.8 Å². The Morgan fingerprint density at radius 3 is 2.61 bits per heavy atom. The fourth-order valence-electron chi connectivity index (χ4n) is 3.12. The van der Waals surface area contributed by atoms with Crippen molar-refractivity contribution in [2.75, 3.05) is 32.7 Å². The van der Waals surface area contributed by atoms with E-state index in [0.717, 1.165) is 18.2 Å². The number of hydrogen-bond acceptors (Lipinski definition) is 3. The summed E-state index contributed by atoms with van der Waals surface area (Å²) in [4.78, 5) is 38.9. The van der Waals surface area contributed by atoms with Gasteiger partial charge < -0.3 is 20.4 Å². The Kier molecular flexibility index (Phi) is 5.57. The quantitative estimate of drug-likeness (QED) is 0.747. The molecule has 1 unspecified atom stereocenters. The SMILES string of the molecule is O=C(/C=C/c1ccc(C(F)(F)F)cc1)NCC(=O)N1CCN2C(=O)NCC2C1. The minimum Gasteiger partial charge on any atom is -0.343 e. The third kappa shape index (κ3) is 4.62. The van der Waals surface area contributed by atoms with Gasteiger partial charge in [0.1, 0.15) is 0 Å². The Morgan fingerprint density at radius 1 is 1.21 bits per heavy atom. The van der Waals surface area contributed by atoms with Gasteiger partial charge in [-0.15, -0.1) is 0 Å². The predicted octanol–water partition coefficient (Wildman–Crippen LogP) is 1.07. The summed E-state index contributed by atoms with van der Waals surface area (Å²) in [6, 6.07) is 4.20. The lowest BCUT2D eigenvalue weighted by Gasteiger charge is -2.36. The van der Waals surface area contributed by atoms with Crippen LogP contribution in [0.3, 0.4) is 0 Å². The van der Waals surface area contributed by atoms with Crippen LogP contribution in [0.15, 0.2) is 30.3 Å². The number of alkyl halides is 3. The van der Waals surface area contributed by atoms with E-state index in [0.29, 0.717) is 31.7 Å². The summed E-state index contributed by atoms with van der Waals surface area (Å²) in [5.74, 6) is -0.778. The highest BCUT2D eigenvalue weighted by molar-refractivity contribution is 5.94. The van der Waals surface area contributed by atoms with E-state index in [1.54, 1.807) is 9.80 Å². The monoisotopic (exact) mass is 396 g/mol. The van der Waals surface area contributed by atoms with Crippen LogP contribution in [0.1, 0.15) is 11.1 Å². The first-order valence-electron chi connectivity index (χ1n) is 8.69. The number of nitrogens with one attached hydrogen (secondary N) is 2. The number of nitrogens with zero attached hydrogens (tertiary/aromatic N) is 2. The lowest BCUT2D eigenvalue weighted by Crippen LogP contribution is -2.55. The second-order valence-electron chi connectivity index (χ2n) is 6.54. The summed E-state index contributed by atoms with van der Waals surface area (Å²) in [6.07, 6.45) is -1.88. The zero-order valence-corrected chi connectivity index (χ0v) is 14.8. The van der Waals surface area contributed by atoms with Crippen LogP contribution < -0.4 is 10.6 Å². The number of fused-ring (bicyclic) bond motifs is 1. The highest BCUT2D eigenvalue weighted by Gasteiger charge is 2.36. The summed E-state index contributed by atoms with van der Waals surface area (Å²) in [6.45, 7) is 1.56. The Hall–Kier alpha value is -3.04. The molecule has 10 heteroatoms. The molecular weight excluding hydrogens is 377 g/mol. The molecule has 0 radical (unpaired) electrons. The van der Waals surface area contributed by atoms with Gasteiger partial charge in [-0.25, -0.2) is 4.79 Å². The number of carbonyl (C=O) groups is 3. The van der Waals surface area contributed by atoms with Crippen molar-refractivity contribution in [3.63, 3.8) is 0 Å². The van der Waals surface area contributed by atoms with Gasteiger partial charge in [0, 0.05) is 32.3 Å². The van der Waals surface area contributed by atoms with E-state index in [1.165, 1.54) is 18.2 Å². The molecule has 2 aliphatic heterocycles. The third-order valence-corrected chi connectivity index (χ3v) is 4.66. The minimum atomic E-state index is -4.41. The number of carbonyl (C=O) groups excluding carboxylic acids is 3. The molecule has 2 heterocycles. The minimum absolute atomic E-state index is 0.0551. The summed E-state index contributed by atoms with van der Waals surface area (Å²) in [5.41, 5.74) is -0.331. The molecule has 3 rings (SSSR count).